The maximum absolute atomic E-state index is 13.1. The molecule has 0 unspecified atom stereocenters. The van der Waals surface area contributed by atoms with Gasteiger partial charge in [-0.05, 0) is 55.2 Å². The molecule has 166 valence electrons. The molecule has 0 radical (unpaired) electrons. The SMILES string of the molecule is CCC(C)(C)C1CCC2(CC1)NC(=O)N(CC(=O)Nc1ccc3oc(C)nc3c1)C2=O. The molecule has 0 bridgehead atoms. The number of nitrogens with one attached hydrogen (secondary N) is 2. The average Bonchev–Trinajstić information content (AvgIpc) is 3.20. The van der Waals surface area contributed by atoms with Crippen molar-refractivity contribution in [3.8, 4) is 0 Å². The predicted octanol–water partition coefficient (Wildman–Crippen LogP) is 3.99. The molecule has 31 heavy (non-hydrogen) atoms. The van der Waals surface area contributed by atoms with E-state index in [1.54, 1.807) is 25.1 Å². The third-order valence-corrected chi connectivity index (χ3v) is 7.18. The molecular weight excluding hydrogens is 396 g/mol. The highest BCUT2D eigenvalue weighted by Crippen LogP contribution is 2.45. The van der Waals surface area contributed by atoms with Crippen LogP contribution in [-0.4, -0.2) is 39.8 Å². The molecule has 2 fully saturated rings. The topological polar surface area (TPSA) is 105 Å². The standard InChI is InChI=1S/C23H30N4O4/c1-5-22(3,4)15-8-10-23(11-9-15)20(29)27(21(30)26-23)13-19(28)25-16-6-7-18-17(12-16)24-14(2)31-18/h6-7,12,15H,5,8-11,13H2,1-4H3,(H,25,28)(H,26,30). The predicted molar refractivity (Wildman–Crippen MR) is 116 cm³/mol. The van der Waals surface area contributed by atoms with Crippen LogP contribution in [0, 0.1) is 18.3 Å². The molecule has 1 aromatic heterocycles. The lowest BCUT2D eigenvalue weighted by molar-refractivity contribution is -0.135. The zero-order valence-corrected chi connectivity index (χ0v) is 18.6. The molecule has 1 aliphatic heterocycles. The number of hydrogen-bond acceptors (Lipinski definition) is 5. The average molecular weight is 427 g/mol. The van der Waals surface area contributed by atoms with Gasteiger partial charge < -0.3 is 15.1 Å². The number of hydrogen-bond donors (Lipinski definition) is 2. The molecule has 2 aliphatic rings. The minimum absolute atomic E-state index is 0.219. The van der Waals surface area contributed by atoms with Gasteiger partial charge in [-0.15, -0.1) is 0 Å². The number of fused-ring (bicyclic) bond motifs is 1. The number of benzene rings is 1. The summed E-state index contributed by atoms with van der Waals surface area (Å²) in [5.74, 6) is 0.351. The summed E-state index contributed by atoms with van der Waals surface area (Å²) < 4.78 is 5.43. The highest BCUT2D eigenvalue weighted by atomic mass is 16.3. The molecular formula is C23H30N4O4. The molecule has 8 nitrogen and oxygen atoms in total. The van der Waals surface area contributed by atoms with Crippen LogP contribution in [0.15, 0.2) is 22.6 Å². The Morgan fingerprint density at radius 1 is 1.32 bits per heavy atom. The van der Waals surface area contributed by atoms with Crippen LogP contribution < -0.4 is 10.6 Å². The molecule has 4 rings (SSSR count). The molecule has 1 aliphatic carbocycles. The number of anilines is 1. The Balaban J connectivity index is 1.40. The van der Waals surface area contributed by atoms with E-state index in [-0.39, 0.29) is 17.9 Å². The van der Waals surface area contributed by atoms with E-state index in [4.69, 9.17) is 4.42 Å². The summed E-state index contributed by atoms with van der Waals surface area (Å²) in [5.41, 5.74) is 1.16. The van der Waals surface area contributed by atoms with Crippen LogP contribution in [0.1, 0.15) is 58.8 Å². The first-order valence-electron chi connectivity index (χ1n) is 10.9. The highest BCUT2D eigenvalue weighted by molar-refractivity contribution is 6.10. The number of aromatic nitrogens is 1. The Morgan fingerprint density at radius 3 is 2.71 bits per heavy atom. The third-order valence-electron chi connectivity index (χ3n) is 7.18. The van der Waals surface area contributed by atoms with Gasteiger partial charge in [0, 0.05) is 12.6 Å². The van der Waals surface area contributed by atoms with Gasteiger partial charge in [0.15, 0.2) is 11.5 Å². The van der Waals surface area contributed by atoms with E-state index < -0.39 is 17.5 Å². The van der Waals surface area contributed by atoms with Crippen molar-refractivity contribution < 1.29 is 18.8 Å². The molecule has 1 aromatic carbocycles. The van der Waals surface area contributed by atoms with Gasteiger partial charge >= 0.3 is 6.03 Å². The Bertz CT molecular complexity index is 1030. The van der Waals surface area contributed by atoms with Crippen molar-refractivity contribution in [3.63, 3.8) is 0 Å². The van der Waals surface area contributed by atoms with Crippen molar-refractivity contribution >= 4 is 34.6 Å². The normalized spacial score (nSPS) is 24.1. The van der Waals surface area contributed by atoms with Crippen LogP contribution in [0.2, 0.25) is 0 Å². The summed E-state index contributed by atoms with van der Waals surface area (Å²) in [6, 6.07) is 4.64. The number of carbonyl (C=O) groups excluding carboxylic acids is 3. The van der Waals surface area contributed by atoms with Crippen LogP contribution >= 0.6 is 0 Å². The summed E-state index contributed by atoms with van der Waals surface area (Å²) >= 11 is 0. The van der Waals surface area contributed by atoms with Gasteiger partial charge in [0.05, 0.1) is 0 Å². The lowest BCUT2D eigenvalue weighted by atomic mass is 9.65. The first kappa shape index (κ1) is 21.3. The fourth-order valence-electron chi connectivity index (χ4n) is 4.80. The number of aryl methyl sites for hydroxylation is 1. The number of nitrogens with zero attached hydrogens (tertiary/aromatic N) is 2. The highest BCUT2D eigenvalue weighted by Gasteiger charge is 2.53. The van der Waals surface area contributed by atoms with Gasteiger partial charge in [-0.3, -0.25) is 14.5 Å². The van der Waals surface area contributed by atoms with Gasteiger partial charge in [-0.25, -0.2) is 9.78 Å². The molecule has 2 N–H and O–H groups in total. The molecule has 8 heteroatoms. The summed E-state index contributed by atoms with van der Waals surface area (Å²) in [5, 5.41) is 5.63. The zero-order valence-electron chi connectivity index (χ0n) is 18.6. The largest absolute Gasteiger partial charge is 0.441 e. The number of urea groups is 1. The van der Waals surface area contributed by atoms with Gasteiger partial charge in [0.2, 0.25) is 5.91 Å². The number of imide groups is 1. The van der Waals surface area contributed by atoms with Crippen LogP contribution in [-0.2, 0) is 9.59 Å². The summed E-state index contributed by atoms with van der Waals surface area (Å²) in [6.07, 6.45) is 4.10. The molecule has 2 aromatic rings. The minimum Gasteiger partial charge on any atom is -0.441 e. The summed E-state index contributed by atoms with van der Waals surface area (Å²) in [7, 11) is 0. The van der Waals surface area contributed by atoms with E-state index >= 15 is 0 Å². The lowest BCUT2D eigenvalue weighted by Gasteiger charge is -2.42. The van der Waals surface area contributed by atoms with Gasteiger partial charge in [-0.1, -0.05) is 27.2 Å². The number of rotatable bonds is 5. The Morgan fingerprint density at radius 2 is 2.03 bits per heavy atom. The van der Waals surface area contributed by atoms with Gasteiger partial charge in [0.25, 0.3) is 5.91 Å². The van der Waals surface area contributed by atoms with Crippen LogP contribution in [0.25, 0.3) is 11.1 Å². The maximum atomic E-state index is 13.1. The van der Waals surface area contributed by atoms with Crippen molar-refractivity contribution in [2.24, 2.45) is 11.3 Å². The molecule has 4 amide bonds. The van der Waals surface area contributed by atoms with Crippen LogP contribution in [0.4, 0.5) is 10.5 Å². The van der Waals surface area contributed by atoms with Crippen molar-refractivity contribution in [2.75, 3.05) is 11.9 Å². The van der Waals surface area contributed by atoms with E-state index in [0.717, 1.165) is 24.2 Å². The fraction of sp³-hybridized carbons (Fsp3) is 0.565. The van der Waals surface area contributed by atoms with E-state index in [2.05, 4.69) is 36.4 Å². The van der Waals surface area contributed by atoms with Gasteiger partial charge in [-0.2, -0.15) is 0 Å². The zero-order chi connectivity index (χ0) is 22.4. The number of amides is 4. The smallest absolute Gasteiger partial charge is 0.325 e. The molecule has 1 spiro atoms. The molecule has 0 atom stereocenters. The quantitative estimate of drug-likeness (QED) is 0.704. The first-order chi connectivity index (χ1) is 14.6. The second kappa shape index (κ2) is 7.66. The molecule has 1 saturated carbocycles. The summed E-state index contributed by atoms with van der Waals surface area (Å²) in [6.45, 7) is 8.15. The molecule has 1 saturated heterocycles. The van der Waals surface area contributed by atoms with Crippen molar-refractivity contribution in [3.05, 3.63) is 24.1 Å². The van der Waals surface area contributed by atoms with Gasteiger partial charge in [0.1, 0.15) is 17.6 Å². The minimum atomic E-state index is -0.866. The maximum Gasteiger partial charge on any atom is 0.325 e. The Kier molecular flexibility index (Phi) is 5.27. The second-order valence-corrected chi connectivity index (χ2v) is 9.48. The molecule has 2 heterocycles. The third kappa shape index (κ3) is 3.91. The van der Waals surface area contributed by atoms with Crippen LogP contribution in [0.3, 0.4) is 0 Å². The summed E-state index contributed by atoms with van der Waals surface area (Å²) in [4.78, 5) is 43.5. The van der Waals surface area contributed by atoms with E-state index in [1.807, 2.05) is 0 Å². The van der Waals surface area contributed by atoms with Crippen molar-refractivity contribution in [2.45, 2.75) is 65.3 Å². The van der Waals surface area contributed by atoms with E-state index in [0.29, 0.717) is 41.4 Å². The van der Waals surface area contributed by atoms with Crippen LogP contribution in [0.5, 0.6) is 0 Å². The fourth-order valence-corrected chi connectivity index (χ4v) is 4.80. The van der Waals surface area contributed by atoms with E-state index in [9.17, 15) is 14.4 Å². The van der Waals surface area contributed by atoms with E-state index in [1.165, 1.54) is 0 Å². The Hall–Kier alpha value is -2.90. The monoisotopic (exact) mass is 426 g/mol. The first-order valence-corrected chi connectivity index (χ1v) is 10.9. The lowest BCUT2D eigenvalue weighted by Crippen LogP contribution is -2.51. The number of oxazole rings is 1. The Labute approximate surface area is 181 Å². The van der Waals surface area contributed by atoms with Crippen molar-refractivity contribution in [1.82, 2.24) is 15.2 Å². The second-order valence-electron chi connectivity index (χ2n) is 9.48. The van der Waals surface area contributed by atoms with Crippen molar-refractivity contribution in [1.29, 1.82) is 0 Å². The number of carbonyl (C=O) groups is 3.